The molecule has 1 aromatic carbocycles. The zero-order valence-corrected chi connectivity index (χ0v) is 12.9. The van der Waals surface area contributed by atoms with E-state index in [0.717, 1.165) is 0 Å². The van der Waals surface area contributed by atoms with E-state index in [9.17, 15) is 9.59 Å². The molecule has 0 aliphatic rings. The van der Waals surface area contributed by atoms with Crippen molar-refractivity contribution in [2.45, 2.75) is 13.0 Å². The molecule has 18 heavy (non-hydrogen) atoms. The maximum atomic E-state index is 11.8. The summed E-state index contributed by atoms with van der Waals surface area (Å²) in [7, 11) is 1.65. The Hall–Kier alpha value is -0.920. The van der Waals surface area contributed by atoms with Crippen molar-refractivity contribution in [1.29, 1.82) is 0 Å². The quantitative estimate of drug-likeness (QED) is 0.750. The molecule has 5 nitrogen and oxygen atoms in total. The number of rotatable bonds is 4. The van der Waals surface area contributed by atoms with Crippen LogP contribution >= 0.6 is 31.9 Å². The van der Waals surface area contributed by atoms with Gasteiger partial charge in [0.2, 0.25) is 5.91 Å². The number of halogens is 2. The molecule has 0 heterocycles. The number of carboxylic acid groups (broad SMARTS) is 1. The van der Waals surface area contributed by atoms with Crippen LogP contribution in [0.25, 0.3) is 0 Å². The van der Waals surface area contributed by atoms with Gasteiger partial charge in [0.1, 0.15) is 0 Å². The molecule has 98 valence electrons. The number of benzene rings is 1. The predicted octanol–water partition coefficient (Wildman–Crippen LogP) is 2.46. The fourth-order valence-electron chi connectivity index (χ4n) is 1.23. The predicted molar refractivity (Wildman–Crippen MR) is 76.0 cm³/mol. The standard InChI is InChI=1S/C11H12Br2N2O3/c1-5(14-2)10(16)15-9-7(11(17)18)3-6(12)4-8(9)13/h3-5,14H,1-2H3,(H,15,16)(H,17,18). The molecular formula is C11H12Br2N2O3. The molecule has 0 aliphatic carbocycles. The Morgan fingerprint density at radius 2 is 1.94 bits per heavy atom. The number of carbonyl (C=O) groups is 2. The molecule has 7 heteroatoms. The van der Waals surface area contributed by atoms with Gasteiger partial charge in [-0.2, -0.15) is 0 Å². The van der Waals surface area contributed by atoms with Crippen molar-refractivity contribution in [2.75, 3.05) is 12.4 Å². The summed E-state index contributed by atoms with van der Waals surface area (Å²) in [6.07, 6.45) is 0. The molecule has 1 unspecified atom stereocenters. The molecule has 0 saturated heterocycles. The summed E-state index contributed by atoms with van der Waals surface area (Å²) >= 11 is 6.44. The number of hydrogen-bond donors (Lipinski definition) is 3. The summed E-state index contributed by atoms with van der Waals surface area (Å²) in [5.74, 6) is -1.41. The molecule has 0 aliphatic heterocycles. The molecule has 0 radical (unpaired) electrons. The second-order valence-electron chi connectivity index (χ2n) is 3.61. The molecule has 1 aromatic rings. The van der Waals surface area contributed by atoms with E-state index < -0.39 is 12.0 Å². The van der Waals surface area contributed by atoms with Crippen LogP contribution in [0.5, 0.6) is 0 Å². The smallest absolute Gasteiger partial charge is 0.337 e. The Balaban J connectivity index is 3.15. The number of aromatic carboxylic acids is 1. The lowest BCUT2D eigenvalue weighted by Gasteiger charge is -2.14. The number of anilines is 1. The first kappa shape index (κ1) is 15.1. The Morgan fingerprint density at radius 1 is 1.33 bits per heavy atom. The van der Waals surface area contributed by atoms with Gasteiger partial charge in [-0.15, -0.1) is 0 Å². The largest absolute Gasteiger partial charge is 0.478 e. The van der Waals surface area contributed by atoms with E-state index in [2.05, 4.69) is 42.5 Å². The van der Waals surface area contributed by atoms with Gasteiger partial charge in [-0.05, 0) is 42.0 Å². The second-order valence-corrected chi connectivity index (χ2v) is 5.38. The highest BCUT2D eigenvalue weighted by atomic mass is 79.9. The molecule has 0 saturated carbocycles. The van der Waals surface area contributed by atoms with Gasteiger partial charge in [-0.3, -0.25) is 4.79 Å². The number of hydrogen-bond acceptors (Lipinski definition) is 3. The molecule has 3 N–H and O–H groups in total. The number of carboxylic acids is 1. The van der Waals surface area contributed by atoms with Crippen LogP contribution in [0, 0.1) is 0 Å². The van der Waals surface area contributed by atoms with Crippen molar-refractivity contribution < 1.29 is 14.7 Å². The van der Waals surface area contributed by atoms with Crippen molar-refractivity contribution in [3.63, 3.8) is 0 Å². The zero-order chi connectivity index (χ0) is 13.9. The van der Waals surface area contributed by atoms with Crippen molar-refractivity contribution in [1.82, 2.24) is 5.32 Å². The van der Waals surface area contributed by atoms with Crippen LogP contribution < -0.4 is 10.6 Å². The molecular weight excluding hydrogens is 368 g/mol. The lowest BCUT2D eigenvalue weighted by Crippen LogP contribution is -2.36. The first-order valence-electron chi connectivity index (χ1n) is 5.07. The Labute approximate surface area is 121 Å². The summed E-state index contributed by atoms with van der Waals surface area (Å²) < 4.78 is 1.12. The van der Waals surface area contributed by atoms with E-state index in [4.69, 9.17) is 5.11 Å². The summed E-state index contributed by atoms with van der Waals surface area (Å²) in [5, 5.41) is 14.5. The Morgan fingerprint density at radius 3 is 2.44 bits per heavy atom. The van der Waals surface area contributed by atoms with Crippen LogP contribution in [0.3, 0.4) is 0 Å². The van der Waals surface area contributed by atoms with E-state index in [1.54, 1.807) is 20.0 Å². The number of amides is 1. The zero-order valence-electron chi connectivity index (χ0n) is 9.75. The SMILES string of the molecule is CNC(C)C(=O)Nc1c(Br)cc(Br)cc1C(=O)O. The third-order valence-corrected chi connectivity index (χ3v) is 3.44. The average Bonchev–Trinajstić information content (AvgIpc) is 2.30. The fraction of sp³-hybridized carbons (Fsp3) is 0.273. The van der Waals surface area contributed by atoms with Crippen molar-refractivity contribution in [3.8, 4) is 0 Å². The Kier molecular flexibility index (Phi) is 5.30. The third-order valence-electron chi connectivity index (χ3n) is 2.36. The maximum absolute atomic E-state index is 11.8. The van der Waals surface area contributed by atoms with Crippen molar-refractivity contribution >= 4 is 49.4 Å². The van der Waals surface area contributed by atoms with Crippen LogP contribution in [0.2, 0.25) is 0 Å². The van der Waals surface area contributed by atoms with Crippen molar-refractivity contribution in [2.24, 2.45) is 0 Å². The minimum Gasteiger partial charge on any atom is -0.478 e. The topological polar surface area (TPSA) is 78.4 Å². The van der Waals surface area contributed by atoms with Gasteiger partial charge < -0.3 is 15.7 Å². The van der Waals surface area contributed by atoms with Crippen LogP contribution in [0.15, 0.2) is 21.1 Å². The second kappa shape index (κ2) is 6.31. The summed E-state index contributed by atoms with van der Waals surface area (Å²) in [6.45, 7) is 1.68. The normalized spacial score (nSPS) is 12.0. The highest BCUT2D eigenvalue weighted by molar-refractivity contribution is 9.11. The maximum Gasteiger partial charge on any atom is 0.337 e. The van der Waals surface area contributed by atoms with Gasteiger partial charge in [0.05, 0.1) is 17.3 Å². The number of nitrogens with one attached hydrogen (secondary N) is 2. The lowest BCUT2D eigenvalue weighted by atomic mass is 10.1. The van der Waals surface area contributed by atoms with Gasteiger partial charge in [0.15, 0.2) is 0 Å². The van der Waals surface area contributed by atoms with E-state index in [-0.39, 0.29) is 17.2 Å². The van der Waals surface area contributed by atoms with E-state index in [1.165, 1.54) is 6.07 Å². The van der Waals surface area contributed by atoms with Crippen LogP contribution in [0.1, 0.15) is 17.3 Å². The minimum absolute atomic E-state index is 0.0212. The molecule has 0 fully saturated rings. The highest BCUT2D eigenvalue weighted by Gasteiger charge is 2.19. The van der Waals surface area contributed by atoms with Gasteiger partial charge in [0.25, 0.3) is 0 Å². The summed E-state index contributed by atoms with van der Waals surface area (Å²) in [5.41, 5.74) is 0.269. The van der Waals surface area contributed by atoms with Crippen LogP contribution in [-0.4, -0.2) is 30.1 Å². The Bertz CT molecular complexity index is 491. The van der Waals surface area contributed by atoms with Crippen molar-refractivity contribution in [3.05, 3.63) is 26.6 Å². The lowest BCUT2D eigenvalue weighted by molar-refractivity contribution is -0.117. The number of carbonyl (C=O) groups excluding carboxylic acids is 1. The molecule has 1 amide bonds. The monoisotopic (exact) mass is 378 g/mol. The molecule has 0 bridgehead atoms. The average molecular weight is 380 g/mol. The summed E-state index contributed by atoms with van der Waals surface area (Å²) in [4.78, 5) is 22.9. The molecule has 0 spiro atoms. The molecule has 1 rings (SSSR count). The fourth-order valence-corrected chi connectivity index (χ4v) is 2.56. The first-order valence-corrected chi connectivity index (χ1v) is 6.66. The van der Waals surface area contributed by atoms with Gasteiger partial charge in [0, 0.05) is 8.95 Å². The van der Waals surface area contributed by atoms with E-state index in [0.29, 0.717) is 8.95 Å². The third kappa shape index (κ3) is 3.54. The minimum atomic E-state index is -1.11. The summed E-state index contributed by atoms with van der Waals surface area (Å²) in [6, 6.07) is 2.70. The van der Waals surface area contributed by atoms with Crippen LogP contribution in [0.4, 0.5) is 5.69 Å². The molecule has 1 atom stereocenters. The molecule has 0 aromatic heterocycles. The van der Waals surface area contributed by atoms with Crippen LogP contribution in [-0.2, 0) is 4.79 Å². The van der Waals surface area contributed by atoms with E-state index in [1.807, 2.05) is 0 Å². The number of likely N-dealkylation sites (N-methyl/N-ethyl adjacent to an activating group) is 1. The van der Waals surface area contributed by atoms with Gasteiger partial charge in [-0.1, -0.05) is 15.9 Å². The van der Waals surface area contributed by atoms with E-state index >= 15 is 0 Å². The highest BCUT2D eigenvalue weighted by Crippen LogP contribution is 2.31. The van der Waals surface area contributed by atoms with Gasteiger partial charge >= 0.3 is 5.97 Å². The van der Waals surface area contributed by atoms with Gasteiger partial charge in [-0.25, -0.2) is 4.79 Å². The first-order chi connectivity index (χ1) is 8.36.